The molecule has 0 saturated heterocycles. The van der Waals surface area contributed by atoms with Gasteiger partial charge in [-0.15, -0.1) is 0 Å². The highest BCUT2D eigenvalue weighted by Gasteiger charge is 2.22. The Labute approximate surface area is 112 Å². The highest BCUT2D eigenvalue weighted by Crippen LogP contribution is 2.34. The van der Waals surface area contributed by atoms with Crippen molar-refractivity contribution < 1.29 is 0 Å². The van der Waals surface area contributed by atoms with Crippen molar-refractivity contribution in [2.24, 2.45) is 5.92 Å². The van der Waals surface area contributed by atoms with E-state index < -0.39 is 0 Å². The first-order valence-corrected chi connectivity index (χ1v) is 6.59. The van der Waals surface area contributed by atoms with Gasteiger partial charge in [-0.25, -0.2) is 4.98 Å². The second-order valence-corrected chi connectivity index (χ2v) is 5.32. The van der Waals surface area contributed by atoms with Gasteiger partial charge in [0.25, 0.3) is 0 Å². The monoisotopic (exact) mass is 258 g/mol. The summed E-state index contributed by atoms with van der Waals surface area (Å²) in [5, 5.41) is 0.678. The average Bonchev–Trinajstić information content (AvgIpc) is 2.38. The molecule has 18 heavy (non-hydrogen) atoms. The van der Waals surface area contributed by atoms with E-state index >= 15 is 0 Å². The lowest BCUT2D eigenvalue weighted by Crippen LogP contribution is -2.30. The molecule has 1 aliphatic rings. The molecule has 1 atom stereocenters. The van der Waals surface area contributed by atoms with Crippen LogP contribution in [0.1, 0.15) is 12.5 Å². The zero-order valence-electron chi connectivity index (χ0n) is 10.3. The molecule has 0 radical (unpaired) electrons. The van der Waals surface area contributed by atoms with E-state index in [1.54, 1.807) is 6.20 Å². The summed E-state index contributed by atoms with van der Waals surface area (Å²) in [5.74, 6) is 1.61. The summed E-state index contributed by atoms with van der Waals surface area (Å²) in [6.45, 7) is 3.28. The minimum Gasteiger partial charge on any atom is -0.326 e. The summed E-state index contributed by atoms with van der Waals surface area (Å²) in [7, 11) is 0. The van der Waals surface area contributed by atoms with Crippen LogP contribution in [0.25, 0.3) is 0 Å². The summed E-state index contributed by atoms with van der Waals surface area (Å²) in [5.41, 5.74) is 2.67. The second-order valence-electron chi connectivity index (χ2n) is 4.88. The van der Waals surface area contributed by atoms with Crippen LogP contribution in [-0.2, 0) is 6.42 Å². The fourth-order valence-corrected chi connectivity index (χ4v) is 2.65. The van der Waals surface area contributed by atoms with Gasteiger partial charge in [-0.05, 0) is 36.1 Å². The summed E-state index contributed by atoms with van der Waals surface area (Å²) in [4.78, 5) is 6.71. The number of halogens is 1. The minimum atomic E-state index is 0.636. The first-order chi connectivity index (χ1) is 8.74. The Morgan fingerprint density at radius 3 is 2.83 bits per heavy atom. The number of fused-ring (bicyclic) bond motifs is 1. The van der Waals surface area contributed by atoms with Gasteiger partial charge in [0, 0.05) is 18.4 Å². The van der Waals surface area contributed by atoms with Gasteiger partial charge in [0.2, 0.25) is 0 Å². The maximum absolute atomic E-state index is 5.90. The molecule has 2 heterocycles. The Morgan fingerprint density at radius 2 is 2.06 bits per heavy atom. The van der Waals surface area contributed by atoms with Crippen LogP contribution in [0.3, 0.4) is 0 Å². The Balaban J connectivity index is 2.04. The zero-order valence-corrected chi connectivity index (χ0v) is 11.1. The van der Waals surface area contributed by atoms with E-state index in [4.69, 9.17) is 11.6 Å². The van der Waals surface area contributed by atoms with Crippen LogP contribution in [0, 0.1) is 5.92 Å². The Kier molecular flexibility index (Phi) is 2.96. The molecule has 1 aromatic carbocycles. The maximum Gasteiger partial charge on any atom is 0.133 e. The molecule has 2 nitrogen and oxygen atoms in total. The van der Waals surface area contributed by atoms with E-state index in [-0.39, 0.29) is 0 Å². The lowest BCUT2D eigenvalue weighted by Gasteiger charge is -2.34. The number of nitrogens with zero attached hydrogens (tertiary/aromatic N) is 2. The van der Waals surface area contributed by atoms with Crippen molar-refractivity contribution >= 4 is 23.1 Å². The number of hydrogen-bond acceptors (Lipinski definition) is 2. The largest absolute Gasteiger partial charge is 0.326 e. The van der Waals surface area contributed by atoms with Gasteiger partial charge in [-0.1, -0.05) is 36.7 Å². The van der Waals surface area contributed by atoms with Crippen molar-refractivity contribution in [2.45, 2.75) is 13.3 Å². The van der Waals surface area contributed by atoms with Gasteiger partial charge in [-0.2, -0.15) is 0 Å². The number of para-hydroxylation sites is 1. The van der Waals surface area contributed by atoms with Gasteiger partial charge in [0.05, 0.1) is 5.02 Å². The molecular weight excluding hydrogens is 244 g/mol. The average molecular weight is 259 g/mol. The lowest BCUT2D eigenvalue weighted by molar-refractivity contribution is 0.560. The third-order valence-corrected chi connectivity index (χ3v) is 3.56. The van der Waals surface area contributed by atoms with Gasteiger partial charge < -0.3 is 4.90 Å². The van der Waals surface area contributed by atoms with E-state index in [1.165, 1.54) is 11.3 Å². The standard InChI is InChI=1S/C15H15ClN2/c1-11-8-12-4-2-3-5-14(12)18(10-11)15-7-6-13(16)9-17-15/h2-7,9,11H,8,10H2,1H3. The number of benzene rings is 1. The molecule has 0 bridgehead atoms. The fourth-order valence-electron chi connectivity index (χ4n) is 2.54. The minimum absolute atomic E-state index is 0.636. The van der Waals surface area contributed by atoms with Crippen molar-refractivity contribution in [2.75, 3.05) is 11.4 Å². The van der Waals surface area contributed by atoms with Crippen molar-refractivity contribution in [1.82, 2.24) is 4.98 Å². The molecule has 3 rings (SSSR count). The summed E-state index contributed by atoms with van der Waals surface area (Å²) in [6, 6.07) is 12.4. The van der Waals surface area contributed by atoms with Gasteiger partial charge in [0.15, 0.2) is 0 Å². The third-order valence-electron chi connectivity index (χ3n) is 3.33. The third kappa shape index (κ3) is 2.08. The van der Waals surface area contributed by atoms with Crippen LogP contribution >= 0.6 is 11.6 Å². The molecule has 3 heteroatoms. The molecular formula is C15H15ClN2. The summed E-state index contributed by atoms with van der Waals surface area (Å²) < 4.78 is 0. The predicted molar refractivity (Wildman–Crippen MR) is 75.6 cm³/mol. The highest BCUT2D eigenvalue weighted by molar-refractivity contribution is 6.30. The topological polar surface area (TPSA) is 16.1 Å². The number of pyridine rings is 1. The first-order valence-electron chi connectivity index (χ1n) is 6.21. The van der Waals surface area contributed by atoms with E-state index in [0.717, 1.165) is 18.8 Å². The Hall–Kier alpha value is -1.54. The predicted octanol–water partition coefficient (Wildman–Crippen LogP) is 4.07. The van der Waals surface area contributed by atoms with E-state index in [2.05, 4.69) is 41.1 Å². The molecule has 1 unspecified atom stereocenters. The normalized spacial score (nSPS) is 18.6. The van der Waals surface area contributed by atoms with Crippen LogP contribution in [0.2, 0.25) is 5.02 Å². The fraction of sp³-hybridized carbons (Fsp3) is 0.267. The van der Waals surface area contributed by atoms with Crippen LogP contribution in [0.4, 0.5) is 11.5 Å². The van der Waals surface area contributed by atoms with Crippen LogP contribution in [-0.4, -0.2) is 11.5 Å². The lowest BCUT2D eigenvalue weighted by atomic mass is 9.94. The molecule has 0 aliphatic carbocycles. The molecule has 0 fully saturated rings. The zero-order chi connectivity index (χ0) is 12.5. The van der Waals surface area contributed by atoms with Crippen molar-refractivity contribution in [3.8, 4) is 0 Å². The Bertz CT molecular complexity index is 551. The van der Waals surface area contributed by atoms with E-state index in [9.17, 15) is 0 Å². The highest BCUT2D eigenvalue weighted by atomic mass is 35.5. The van der Waals surface area contributed by atoms with Crippen LogP contribution in [0.15, 0.2) is 42.6 Å². The van der Waals surface area contributed by atoms with E-state index in [0.29, 0.717) is 10.9 Å². The number of anilines is 2. The number of aromatic nitrogens is 1. The van der Waals surface area contributed by atoms with Crippen LogP contribution < -0.4 is 4.90 Å². The molecule has 0 N–H and O–H groups in total. The molecule has 0 spiro atoms. The van der Waals surface area contributed by atoms with Crippen LogP contribution in [0.5, 0.6) is 0 Å². The molecule has 2 aromatic rings. The summed E-state index contributed by atoms with van der Waals surface area (Å²) >= 11 is 5.90. The summed E-state index contributed by atoms with van der Waals surface area (Å²) in [6.07, 6.45) is 2.85. The Morgan fingerprint density at radius 1 is 1.22 bits per heavy atom. The van der Waals surface area contributed by atoms with Crippen molar-refractivity contribution in [3.63, 3.8) is 0 Å². The van der Waals surface area contributed by atoms with E-state index in [1.807, 2.05) is 12.1 Å². The van der Waals surface area contributed by atoms with Crippen molar-refractivity contribution in [3.05, 3.63) is 53.2 Å². The van der Waals surface area contributed by atoms with Gasteiger partial charge in [-0.3, -0.25) is 0 Å². The second kappa shape index (κ2) is 4.62. The number of rotatable bonds is 1. The molecule has 92 valence electrons. The van der Waals surface area contributed by atoms with Gasteiger partial charge in [0.1, 0.15) is 5.82 Å². The molecule has 0 amide bonds. The van der Waals surface area contributed by atoms with Gasteiger partial charge >= 0.3 is 0 Å². The SMILES string of the molecule is CC1Cc2ccccc2N(c2ccc(Cl)cn2)C1. The first kappa shape index (κ1) is 11.5. The molecule has 1 aliphatic heterocycles. The molecule has 1 aromatic heterocycles. The quantitative estimate of drug-likeness (QED) is 0.767. The molecule has 0 saturated carbocycles. The number of hydrogen-bond donors (Lipinski definition) is 0. The maximum atomic E-state index is 5.90. The van der Waals surface area contributed by atoms with Crippen molar-refractivity contribution in [1.29, 1.82) is 0 Å². The smallest absolute Gasteiger partial charge is 0.133 e.